The van der Waals surface area contributed by atoms with Gasteiger partial charge in [-0.1, -0.05) is 12.1 Å². The van der Waals surface area contributed by atoms with Gasteiger partial charge in [-0.25, -0.2) is 0 Å². The highest BCUT2D eigenvalue weighted by atomic mass is 16.6. The molecule has 6 atom stereocenters. The second-order valence-electron chi connectivity index (χ2n) is 8.23. The van der Waals surface area contributed by atoms with Crippen molar-refractivity contribution in [1.82, 2.24) is 0 Å². The largest absolute Gasteiger partial charge is 0.508 e. The summed E-state index contributed by atoms with van der Waals surface area (Å²) in [6.07, 6.45) is -8.93. The van der Waals surface area contributed by atoms with Gasteiger partial charge in [-0.2, -0.15) is 0 Å². The van der Waals surface area contributed by atoms with E-state index < -0.39 is 66.5 Å². The van der Waals surface area contributed by atoms with Crippen molar-refractivity contribution < 1.29 is 54.4 Å². The van der Waals surface area contributed by atoms with Crippen molar-refractivity contribution in [2.24, 2.45) is 0 Å². The first kappa shape index (κ1) is 23.8. The molecule has 0 radical (unpaired) electrons. The molecule has 2 aliphatic heterocycles. The lowest BCUT2D eigenvalue weighted by atomic mass is 9.87. The molecule has 0 aliphatic carbocycles. The number of esters is 1. The molecule has 0 amide bonds. The molecule has 0 aromatic heterocycles. The smallest absolute Gasteiger partial charge is 0.302 e. The number of carbonyl (C=O) groups excluding carboxylic acids is 2. The van der Waals surface area contributed by atoms with E-state index in [0.717, 1.165) is 13.0 Å². The van der Waals surface area contributed by atoms with Gasteiger partial charge in [0, 0.05) is 13.0 Å². The third-order valence-electron chi connectivity index (χ3n) is 5.90. The van der Waals surface area contributed by atoms with Gasteiger partial charge in [0.15, 0.2) is 5.78 Å². The quantitative estimate of drug-likeness (QED) is 0.340. The first-order chi connectivity index (χ1) is 16.1. The van der Waals surface area contributed by atoms with Crippen molar-refractivity contribution in [3.05, 3.63) is 47.0 Å². The third-order valence-corrected chi connectivity index (χ3v) is 5.90. The zero-order chi connectivity index (χ0) is 24.7. The summed E-state index contributed by atoms with van der Waals surface area (Å²) in [7, 11) is 0. The van der Waals surface area contributed by atoms with Gasteiger partial charge < -0.3 is 44.8 Å². The van der Waals surface area contributed by atoms with Gasteiger partial charge in [-0.05, 0) is 17.7 Å². The molecule has 6 N–H and O–H groups in total. The molecule has 11 nitrogen and oxygen atoms in total. The molecular weight excluding hydrogens is 452 g/mol. The number of hydrogen-bond acceptors (Lipinski definition) is 11. The molecule has 0 saturated carbocycles. The van der Waals surface area contributed by atoms with E-state index in [2.05, 4.69) is 0 Å². The fraction of sp³-hybridized carbons (Fsp3) is 0.391. The zero-order valence-electron chi connectivity index (χ0n) is 18.0. The Kier molecular flexibility index (Phi) is 6.36. The van der Waals surface area contributed by atoms with Gasteiger partial charge in [0.1, 0.15) is 71.8 Å². The van der Waals surface area contributed by atoms with Gasteiger partial charge in [-0.15, -0.1) is 0 Å². The van der Waals surface area contributed by atoms with Crippen molar-refractivity contribution in [1.29, 1.82) is 0 Å². The lowest BCUT2D eigenvalue weighted by molar-refractivity contribution is -0.234. The molecule has 2 heterocycles. The maximum Gasteiger partial charge on any atom is 0.302 e. The van der Waals surface area contributed by atoms with Gasteiger partial charge >= 0.3 is 5.97 Å². The van der Waals surface area contributed by atoms with Crippen molar-refractivity contribution >= 4 is 11.8 Å². The predicted molar refractivity (Wildman–Crippen MR) is 112 cm³/mol. The fourth-order valence-electron chi connectivity index (χ4n) is 4.17. The second-order valence-corrected chi connectivity index (χ2v) is 8.23. The topological polar surface area (TPSA) is 183 Å². The molecule has 182 valence electrons. The molecule has 11 heteroatoms. The van der Waals surface area contributed by atoms with Crippen LogP contribution < -0.4 is 4.74 Å². The minimum atomic E-state index is -1.77. The first-order valence-corrected chi connectivity index (χ1v) is 10.5. The van der Waals surface area contributed by atoms with Gasteiger partial charge in [0.25, 0.3) is 0 Å². The van der Waals surface area contributed by atoms with Gasteiger partial charge in [0.2, 0.25) is 0 Å². The summed E-state index contributed by atoms with van der Waals surface area (Å²) in [6.45, 7) is 0.691. The van der Waals surface area contributed by atoms with Crippen LogP contribution in [0, 0.1) is 0 Å². The SMILES string of the molecule is CC(=O)OC[C@H]1O[C@@H](c2c(O)cc(O)c3c2O[C@H](c2ccc(O)cc2)CC3=O)[C@H](O)[C@@H](O)[C@@H]1O. The summed E-state index contributed by atoms with van der Waals surface area (Å²) in [4.78, 5) is 24.1. The number of aliphatic hydroxyl groups excluding tert-OH is 3. The van der Waals surface area contributed by atoms with Crippen LogP contribution in [0.4, 0.5) is 0 Å². The number of carbonyl (C=O) groups is 2. The van der Waals surface area contributed by atoms with Crippen molar-refractivity contribution in [3.8, 4) is 23.0 Å². The van der Waals surface area contributed by atoms with E-state index >= 15 is 0 Å². The molecule has 1 fully saturated rings. The van der Waals surface area contributed by atoms with E-state index in [4.69, 9.17) is 14.2 Å². The molecular formula is C23H24O11. The van der Waals surface area contributed by atoms with E-state index in [9.17, 15) is 40.2 Å². The van der Waals surface area contributed by atoms with Crippen LogP contribution in [-0.2, 0) is 14.3 Å². The first-order valence-electron chi connectivity index (χ1n) is 10.5. The van der Waals surface area contributed by atoms with Gasteiger partial charge in [0.05, 0.1) is 12.0 Å². The van der Waals surface area contributed by atoms with E-state index in [1.165, 1.54) is 12.1 Å². The van der Waals surface area contributed by atoms with Gasteiger partial charge in [-0.3, -0.25) is 9.59 Å². The second kappa shape index (κ2) is 9.11. The number of phenolic OH excluding ortho intramolecular Hbond substituents is 3. The summed E-state index contributed by atoms with van der Waals surface area (Å²) >= 11 is 0. The number of fused-ring (bicyclic) bond motifs is 1. The Bertz CT molecular complexity index is 1100. The van der Waals surface area contributed by atoms with E-state index in [1.54, 1.807) is 12.1 Å². The molecule has 0 unspecified atom stereocenters. The minimum Gasteiger partial charge on any atom is -0.508 e. The van der Waals surface area contributed by atoms with E-state index in [0.29, 0.717) is 5.56 Å². The van der Waals surface area contributed by atoms with Crippen LogP contribution >= 0.6 is 0 Å². The van der Waals surface area contributed by atoms with Crippen molar-refractivity contribution in [2.45, 2.75) is 50.0 Å². The average molecular weight is 476 g/mol. The average Bonchev–Trinajstić information content (AvgIpc) is 2.78. The molecule has 2 aliphatic rings. The molecule has 0 spiro atoms. The summed E-state index contributed by atoms with van der Waals surface area (Å²) < 4.78 is 16.5. The monoisotopic (exact) mass is 476 g/mol. The molecule has 2 aromatic carbocycles. The Morgan fingerprint density at radius 3 is 2.35 bits per heavy atom. The number of hydrogen-bond donors (Lipinski definition) is 6. The molecule has 2 aromatic rings. The Morgan fingerprint density at radius 2 is 1.71 bits per heavy atom. The highest BCUT2D eigenvalue weighted by Crippen LogP contribution is 2.50. The van der Waals surface area contributed by atoms with Crippen LogP contribution in [0.1, 0.15) is 47.0 Å². The van der Waals surface area contributed by atoms with Crippen LogP contribution in [0.3, 0.4) is 0 Å². The van der Waals surface area contributed by atoms with Crippen LogP contribution in [0.2, 0.25) is 0 Å². The number of Topliss-reactive ketones (excluding diaryl/α,β-unsaturated/α-hetero) is 1. The Balaban J connectivity index is 1.76. The highest BCUT2D eigenvalue weighted by molar-refractivity contribution is 6.03. The lowest BCUT2D eigenvalue weighted by Crippen LogP contribution is -2.55. The Morgan fingerprint density at radius 1 is 1.03 bits per heavy atom. The van der Waals surface area contributed by atoms with Crippen LogP contribution in [0.25, 0.3) is 0 Å². The molecule has 0 bridgehead atoms. The standard InChI is InChI=1S/C23H24O11/c1-9(24)32-8-16-19(29)20(30)21(31)23(34-16)18-13(27)6-12(26)17-14(28)7-15(33-22(17)18)10-2-4-11(25)5-3-10/h2-6,15-16,19-21,23,25-27,29-31H,7-8H2,1H3/t15-,16+,19+,20-,21+,23-/m0/s1. The van der Waals surface area contributed by atoms with Crippen molar-refractivity contribution in [2.75, 3.05) is 6.61 Å². The lowest BCUT2D eigenvalue weighted by Gasteiger charge is -2.41. The van der Waals surface area contributed by atoms with Crippen LogP contribution in [0.5, 0.6) is 23.0 Å². The van der Waals surface area contributed by atoms with E-state index in [-0.39, 0.29) is 29.0 Å². The maximum atomic E-state index is 12.9. The molecule has 4 rings (SSSR count). The fourth-order valence-corrected chi connectivity index (χ4v) is 4.17. The predicted octanol–water partition coefficient (Wildman–Crippen LogP) is 0.596. The number of rotatable bonds is 4. The number of phenols is 3. The number of benzene rings is 2. The summed E-state index contributed by atoms with van der Waals surface area (Å²) in [6, 6.07) is 6.80. The minimum absolute atomic E-state index is 0.00681. The summed E-state index contributed by atoms with van der Waals surface area (Å²) in [5, 5.41) is 61.8. The third kappa shape index (κ3) is 4.26. The normalized spacial score (nSPS) is 28.6. The number of aromatic hydroxyl groups is 3. The molecule has 1 saturated heterocycles. The molecule has 34 heavy (non-hydrogen) atoms. The van der Waals surface area contributed by atoms with E-state index in [1.807, 2.05) is 0 Å². The highest BCUT2D eigenvalue weighted by Gasteiger charge is 2.48. The van der Waals surface area contributed by atoms with Crippen LogP contribution in [-0.4, -0.2) is 73.4 Å². The maximum absolute atomic E-state index is 12.9. The number of aliphatic hydroxyl groups is 3. The Labute approximate surface area is 193 Å². The summed E-state index contributed by atoms with van der Waals surface area (Å²) in [5.74, 6) is -2.57. The summed E-state index contributed by atoms with van der Waals surface area (Å²) in [5.41, 5.74) is 0.0607. The zero-order valence-corrected chi connectivity index (χ0v) is 18.0. The van der Waals surface area contributed by atoms with Crippen molar-refractivity contribution in [3.63, 3.8) is 0 Å². The number of ether oxygens (including phenoxy) is 3. The Hall–Kier alpha value is -3.38. The van der Waals surface area contributed by atoms with Crippen LogP contribution in [0.15, 0.2) is 30.3 Å². The number of ketones is 1.